The highest BCUT2D eigenvalue weighted by atomic mass is 32.1. The topological polar surface area (TPSA) is 23.5 Å². The van der Waals surface area contributed by atoms with Crippen LogP contribution >= 0.6 is 11.3 Å². The zero-order valence-corrected chi connectivity index (χ0v) is 38.9. The molecule has 0 bridgehead atoms. The molecule has 70 heavy (non-hydrogen) atoms. The fourth-order valence-corrected chi connectivity index (χ4v) is 13.1. The molecule has 0 radical (unpaired) electrons. The summed E-state index contributed by atoms with van der Waals surface area (Å²) in [6, 6.07) is 92.4. The van der Waals surface area contributed by atoms with Crippen molar-refractivity contribution in [2.75, 3.05) is 4.90 Å². The van der Waals surface area contributed by atoms with Crippen molar-refractivity contribution in [3.05, 3.63) is 277 Å². The van der Waals surface area contributed by atoms with Crippen molar-refractivity contribution in [2.45, 2.75) is 5.41 Å². The second kappa shape index (κ2) is 15.9. The number of nitrogens with zero attached hydrogens (tertiary/aromatic N) is 1. The van der Waals surface area contributed by atoms with E-state index >= 15 is 0 Å². The molecule has 1 spiro atoms. The number of hydrogen-bond donors (Lipinski definition) is 1. The number of phenols is 1. The number of anilines is 3. The first kappa shape index (κ1) is 40.3. The summed E-state index contributed by atoms with van der Waals surface area (Å²) in [6.07, 6.45) is 0. The van der Waals surface area contributed by atoms with Crippen LogP contribution in [0.25, 0.3) is 86.9 Å². The molecule has 1 atom stereocenters. The van der Waals surface area contributed by atoms with E-state index in [1.165, 1.54) is 81.4 Å². The van der Waals surface area contributed by atoms with Crippen molar-refractivity contribution >= 4 is 48.6 Å². The Morgan fingerprint density at radius 2 is 0.800 bits per heavy atom. The third-order valence-corrected chi connectivity index (χ3v) is 16.0. The predicted octanol–water partition coefficient (Wildman–Crippen LogP) is 18.2. The quantitative estimate of drug-likeness (QED) is 0.180. The Bertz CT molecular complexity index is 4020. The number of hydrogen-bond acceptors (Lipinski definition) is 3. The van der Waals surface area contributed by atoms with Crippen LogP contribution < -0.4 is 4.90 Å². The van der Waals surface area contributed by atoms with E-state index in [4.69, 9.17) is 0 Å². The molecule has 14 rings (SSSR count). The Morgan fingerprint density at radius 1 is 0.314 bits per heavy atom. The highest BCUT2D eigenvalue weighted by Crippen LogP contribution is 2.64. The van der Waals surface area contributed by atoms with Gasteiger partial charge in [0.25, 0.3) is 0 Å². The van der Waals surface area contributed by atoms with Gasteiger partial charge in [-0.3, -0.25) is 0 Å². The van der Waals surface area contributed by atoms with Crippen LogP contribution in [-0.4, -0.2) is 5.11 Å². The van der Waals surface area contributed by atoms with Crippen LogP contribution in [0.3, 0.4) is 0 Å². The van der Waals surface area contributed by atoms with Crippen LogP contribution in [0.1, 0.15) is 22.3 Å². The summed E-state index contributed by atoms with van der Waals surface area (Å²) in [7, 11) is 0. The molecule has 1 heterocycles. The van der Waals surface area contributed by atoms with Crippen LogP contribution in [0.5, 0.6) is 5.75 Å². The molecule has 2 nitrogen and oxygen atoms in total. The van der Waals surface area contributed by atoms with E-state index in [0.717, 1.165) is 44.9 Å². The monoisotopic (exact) mass is 909 g/mol. The number of aromatic hydroxyl groups is 1. The van der Waals surface area contributed by atoms with Crippen LogP contribution in [-0.2, 0) is 5.41 Å². The van der Waals surface area contributed by atoms with Crippen molar-refractivity contribution in [3.63, 3.8) is 0 Å². The van der Waals surface area contributed by atoms with Crippen LogP contribution in [0.2, 0.25) is 0 Å². The lowest BCUT2D eigenvalue weighted by molar-refractivity contribution is 0.477. The van der Waals surface area contributed by atoms with Gasteiger partial charge in [-0.2, -0.15) is 0 Å². The van der Waals surface area contributed by atoms with E-state index < -0.39 is 5.41 Å². The molecule has 1 unspecified atom stereocenters. The average Bonchev–Trinajstić information content (AvgIpc) is 3.93. The molecule has 3 heteroatoms. The normalized spacial score (nSPS) is 14.1. The summed E-state index contributed by atoms with van der Waals surface area (Å²) in [5.41, 5.74) is 21.1. The molecule has 0 saturated heterocycles. The molecular formula is C67H43NOS. The maximum atomic E-state index is 11.8. The molecule has 12 aromatic rings. The highest BCUT2D eigenvalue weighted by Gasteiger charge is 2.50. The molecule has 0 fully saturated rings. The van der Waals surface area contributed by atoms with Crippen molar-refractivity contribution in [1.29, 1.82) is 0 Å². The van der Waals surface area contributed by atoms with Crippen LogP contribution in [0.4, 0.5) is 17.1 Å². The number of fused-ring (bicyclic) bond motifs is 16. The van der Waals surface area contributed by atoms with Gasteiger partial charge < -0.3 is 10.0 Å². The number of benzene rings is 11. The summed E-state index contributed by atoms with van der Waals surface area (Å²) in [6.45, 7) is 0. The molecule has 11 aromatic carbocycles. The minimum absolute atomic E-state index is 0.230. The van der Waals surface area contributed by atoms with Crippen LogP contribution in [0.15, 0.2) is 255 Å². The van der Waals surface area contributed by atoms with Gasteiger partial charge in [0.2, 0.25) is 0 Å². The first-order chi connectivity index (χ1) is 34.6. The van der Waals surface area contributed by atoms with Gasteiger partial charge in [0.05, 0.1) is 5.41 Å². The van der Waals surface area contributed by atoms with Gasteiger partial charge in [-0.25, -0.2) is 0 Å². The van der Waals surface area contributed by atoms with Crippen molar-refractivity contribution in [2.24, 2.45) is 0 Å². The van der Waals surface area contributed by atoms with E-state index in [1.54, 1.807) is 0 Å². The average molecular weight is 910 g/mol. The standard InChI is InChI=1S/C67H43NOS/c69-63-40-36-48(42-58(63)50-22-8-7-21-49(50)45-19-5-2-6-20-45)68(46-33-31-44(32-34-46)43-17-3-1-4-18-43)47-35-38-61-57(41-47)52-24-10-9-23-51(52)53-25-11-14-28-59(53)67(61)60-29-15-12-27-56(60)65-62(67)39-37-55-54-26-13-16-30-64(54)70-66(55)65/h1-42,69H. The Balaban J connectivity index is 1.04. The van der Waals surface area contributed by atoms with Gasteiger partial charge in [-0.05, 0) is 126 Å². The first-order valence-corrected chi connectivity index (χ1v) is 24.8. The number of thiophene rings is 1. The van der Waals surface area contributed by atoms with Crippen molar-refractivity contribution in [3.8, 4) is 72.5 Å². The highest BCUT2D eigenvalue weighted by molar-refractivity contribution is 7.26. The van der Waals surface area contributed by atoms with E-state index in [9.17, 15) is 5.11 Å². The molecule has 0 saturated carbocycles. The molecule has 2 aliphatic carbocycles. The molecule has 328 valence electrons. The molecule has 2 aliphatic rings. The molecule has 1 aromatic heterocycles. The fourth-order valence-electron chi connectivity index (χ4n) is 11.8. The van der Waals surface area contributed by atoms with Gasteiger partial charge in [0.1, 0.15) is 5.75 Å². The molecule has 0 amide bonds. The van der Waals surface area contributed by atoms with Crippen molar-refractivity contribution < 1.29 is 5.11 Å². The summed E-state index contributed by atoms with van der Waals surface area (Å²) in [4.78, 5) is 2.35. The van der Waals surface area contributed by atoms with Gasteiger partial charge in [0.15, 0.2) is 0 Å². The maximum absolute atomic E-state index is 11.8. The maximum Gasteiger partial charge on any atom is 0.123 e. The fraction of sp³-hybridized carbons (Fsp3) is 0.0149. The van der Waals surface area contributed by atoms with E-state index in [-0.39, 0.29) is 5.75 Å². The molecule has 1 N–H and O–H groups in total. The number of rotatable bonds is 6. The second-order valence-electron chi connectivity index (χ2n) is 18.4. The Kier molecular flexibility index (Phi) is 9.17. The van der Waals surface area contributed by atoms with Gasteiger partial charge in [0, 0.05) is 48.4 Å². The van der Waals surface area contributed by atoms with Gasteiger partial charge >= 0.3 is 0 Å². The van der Waals surface area contributed by atoms with Gasteiger partial charge in [-0.1, -0.05) is 206 Å². The predicted molar refractivity (Wildman–Crippen MR) is 294 cm³/mol. The largest absolute Gasteiger partial charge is 0.507 e. The molecule has 0 aliphatic heterocycles. The Hall–Kier alpha value is -8.76. The summed E-state index contributed by atoms with van der Waals surface area (Å²) in [5, 5.41) is 14.4. The second-order valence-corrected chi connectivity index (χ2v) is 19.5. The zero-order valence-electron chi connectivity index (χ0n) is 38.1. The first-order valence-electron chi connectivity index (χ1n) is 24.0. The van der Waals surface area contributed by atoms with Crippen LogP contribution in [0, 0.1) is 0 Å². The van der Waals surface area contributed by atoms with Gasteiger partial charge in [-0.15, -0.1) is 11.3 Å². The lowest BCUT2D eigenvalue weighted by Crippen LogP contribution is -2.29. The summed E-state index contributed by atoms with van der Waals surface area (Å²) >= 11 is 1.91. The Labute approximate surface area is 411 Å². The lowest BCUT2D eigenvalue weighted by Gasteiger charge is -2.36. The summed E-state index contributed by atoms with van der Waals surface area (Å²) < 4.78 is 2.64. The van der Waals surface area contributed by atoms with E-state index in [2.05, 4.69) is 241 Å². The number of phenolic OH excluding ortho intramolecular Hbond substituents is 1. The van der Waals surface area contributed by atoms with Crippen molar-refractivity contribution in [1.82, 2.24) is 0 Å². The SMILES string of the molecule is Oc1ccc(N(c2ccc(-c3ccccc3)cc2)c2ccc3c(c2)-c2ccccc2-c2ccccc2C32c3ccccc3-c3c2ccc2c3sc3ccccc32)cc1-c1ccccc1-c1ccccc1. The Morgan fingerprint density at radius 3 is 1.53 bits per heavy atom. The smallest absolute Gasteiger partial charge is 0.123 e. The third-order valence-electron chi connectivity index (χ3n) is 14.8. The van der Waals surface area contributed by atoms with E-state index in [1.807, 2.05) is 29.5 Å². The minimum atomic E-state index is -0.630. The summed E-state index contributed by atoms with van der Waals surface area (Å²) in [5.74, 6) is 0.230. The zero-order chi connectivity index (χ0) is 46.3. The van der Waals surface area contributed by atoms with E-state index in [0.29, 0.717) is 0 Å². The third kappa shape index (κ3) is 5.98. The lowest BCUT2D eigenvalue weighted by atomic mass is 9.66. The minimum Gasteiger partial charge on any atom is -0.507 e. The molecular weight excluding hydrogens is 867 g/mol.